The Morgan fingerprint density at radius 2 is 2.04 bits per heavy atom. The fraction of sp³-hybridized carbons (Fsp3) is 0.273. The minimum Gasteiger partial charge on any atom is -0.383 e. The van der Waals surface area contributed by atoms with Gasteiger partial charge < -0.3 is 10.2 Å². The van der Waals surface area contributed by atoms with Gasteiger partial charge in [-0.15, -0.1) is 11.8 Å². The summed E-state index contributed by atoms with van der Waals surface area (Å²) < 4.78 is 0. The number of hydrogen-bond donors (Lipinski definition) is 1. The lowest BCUT2D eigenvalue weighted by Gasteiger charge is -2.35. The molecule has 3 aromatic rings. The molecule has 1 saturated heterocycles. The number of amides is 1. The van der Waals surface area contributed by atoms with Crippen molar-refractivity contribution in [2.45, 2.75) is 18.7 Å². The summed E-state index contributed by atoms with van der Waals surface area (Å²) in [6.07, 6.45) is 2.38. The van der Waals surface area contributed by atoms with E-state index in [1.165, 1.54) is 11.1 Å². The van der Waals surface area contributed by atoms with Gasteiger partial charge in [0.1, 0.15) is 5.37 Å². The first-order chi connectivity index (χ1) is 13.6. The smallest absolute Gasteiger partial charge is 0.224 e. The lowest BCUT2D eigenvalue weighted by molar-refractivity contribution is -0.131. The van der Waals surface area contributed by atoms with Gasteiger partial charge in [0.15, 0.2) is 0 Å². The number of carbonyl (C=O) groups excluding carboxylic acids is 1. The molecule has 1 aliphatic heterocycles. The molecule has 6 heteroatoms. The molecule has 1 aliphatic rings. The summed E-state index contributed by atoms with van der Waals surface area (Å²) in [5.74, 6) is 1.09. The highest BCUT2D eigenvalue weighted by Crippen LogP contribution is 2.37. The minimum absolute atomic E-state index is 0.0802. The zero-order valence-corrected chi connectivity index (χ0v) is 17.3. The van der Waals surface area contributed by atoms with E-state index in [1.807, 2.05) is 40.9 Å². The van der Waals surface area contributed by atoms with Crippen LogP contribution in [-0.4, -0.2) is 34.6 Å². The molecule has 0 radical (unpaired) electrons. The number of anilines is 1. The normalized spacial score (nSPS) is 17.1. The Kier molecular flexibility index (Phi) is 5.74. The molecule has 2 heterocycles. The van der Waals surface area contributed by atoms with Crippen molar-refractivity contribution in [3.63, 3.8) is 0 Å². The number of aryl methyl sites for hydroxylation is 1. The molecule has 0 saturated carbocycles. The lowest BCUT2D eigenvalue weighted by atomic mass is 10.1. The van der Waals surface area contributed by atoms with E-state index < -0.39 is 0 Å². The average Bonchev–Trinajstić information content (AvgIpc) is 2.69. The molecule has 28 heavy (non-hydrogen) atoms. The van der Waals surface area contributed by atoms with E-state index in [-0.39, 0.29) is 11.3 Å². The van der Waals surface area contributed by atoms with Gasteiger partial charge in [0.2, 0.25) is 5.91 Å². The number of thioether (sulfide) groups is 1. The number of pyridine rings is 1. The van der Waals surface area contributed by atoms with Gasteiger partial charge >= 0.3 is 0 Å². The molecule has 0 bridgehead atoms. The molecular weight excluding hydrogens is 390 g/mol. The van der Waals surface area contributed by atoms with Crippen LogP contribution in [0.5, 0.6) is 0 Å². The third-order valence-corrected chi connectivity index (χ3v) is 6.45. The van der Waals surface area contributed by atoms with Gasteiger partial charge in [0.05, 0.1) is 5.52 Å². The highest BCUT2D eigenvalue weighted by molar-refractivity contribution is 7.99. The van der Waals surface area contributed by atoms with E-state index in [1.54, 1.807) is 6.20 Å². The van der Waals surface area contributed by atoms with Crippen molar-refractivity contribution in [3.8, 4) is 0 Å². The van der Waals surface area contributed by atoms with E-state index in [2.05, 4.69) is 41.5 Å². The number of rotatable bonds is 5. The number of halogens is 1. The maximum absolute atomic E-state index is 12.6. The Morgan fingerprint density at radius 1 is 1.21 bits per heavy atom. The van der Waals surface area contributed by atoms with Gasteiger partial charge in [-0.1, -0.05) is 41.4 Å². The first-order valence-corrected chi connectivity index (χ1v) is 10.8. The monoisotopic (exact) mass is 411 g/mol. The van der Waals surface area contributed by atoms with Crippen LogP contribution < -0.4 is 5.32 Å². The highest BCUT2D eigenvalue weighted by atomic mass is 35.5. The highest BCUT2D eigenvalue weighted by Gasteiger charge is 2.29. The van der Waals surface area contributed by atoms with Crippen LogP contribution >= 0.6 is 23.4 Å². The zero-order chi connectivity index (χ0) is 19.5. The van der Waals surface area contributed by atoms with Gasteiger partial charge in [-0.05, 0) is 36.8 Å². The Morgan fingerprint density at radius 3 is 2.86 bits per heavy atom. The van der Waals surface area contributed by atoms with Gasteiger partial charge in [0.25, 0.3) is 0 Å². The van der Waals surface area contributed by atoms with E-state index in [4.69, 9.17) is 11.6 Å². The van der Waals surface area contributed by atoms with Crippen LogP contribution in [0, 0.1) is 6.92 Å². The summed E-state index contributed by atoms with van der Waals surface area (Å²) >= 11 is 7.91. The van der Waals surface area contributed by atoms with Crippen LogP contribution in [0.4, 0.5) is 5.69 Å². The molecule has 1 amide bonds. The Bertz CT molecular complexity index is 993. The topological polar surface area (TPSA) is 45.2 Å². The standard InChI is InChI=1S/C22H22ClN3OS/c1-15-2-4-16(5-3-15)22-26(21(27)9-13-28-22)12-11-25-19-8-10-24-20-14-17(23)6-7-18(19)20/h2-8,10,14,22H,9,11-13H2,1H3,(H,24,25). The van der Waals surface area contributed by atoms with Crippen molar-refractivity contribution >= 4 is 45.9 Å². The zero-order valence-electron chi connectivity index (χ0n) is 15.7. The molecule has 0 aliphatic carbocycles. The lowest BCUT2D eigenvalue weighted by Crippen LogP contribution is -2.40. The Balaban J connectivity index is 1.48. The molecule has 1 unspecified atom stereocenters. The number of carbonyl (C=O) groups is 1. The van der Waals surface area contributed by atoms with Crippen LogP contribution in [0.1, 0.15) is 22.9 Å². The van der Waals surface area contributed by atoms with Crippen molar-refractivity contribution in [2.24, 2.45) is 0 Å². The third kappa shape index (κ3) is 4.10. The SMILES string of the molecule is Cc1ccc(C2SCCC(=O)N2CCNc2ccnc3cc(Cl)ccc23)cc1. The van der Waals surface area contributed by atoms with Crippen LogP contribution in [0.15, 0.2) is 54.7 Å². The number of nitrogens with zero attached hydrogens (tertiary/aromatic N) is 2. The van der Waals surface area contributed by atoms with Crippen molar-refractivity contribution in [3.05, 3.63) is 70.9 Å². The number of fused-ring (bicyclic) bond motifs is 1. The van der Waals surface area contributed by atoms with Crippen molar-refractivity contribution in [2.75, 3.05) is 24.2 Å². The molecule has 0 spiro atoms. The fourth-order valence-electron chi connectivity index (χ4n) is 3.46. The molecule has 1 fully saturated rings. The largest absolute Gasteiger partial charge is 0.383 e. The average molecular weight is 412 g/mol. The molecule has 4 rings (SSSR count). The first-order valence-electron chi connectivity index (χ1n) is 9.37. The molecule has 1 aromatic heterocycles. The predicted molar refractivity (Wildman–Crippen MR) is 118 cm³/mol. The van der Waals surface area contributed by atoms with Gasteiger partial charge in [-0.2, -0.15) is 0 Å². The number of hydrogen-bond acceptors (Lipinski definition) is 4. The van der Waals surface area contributed by atoms with E-state index in [9.17, 15) is 4.79 Å². The molecule has 144 valence electrons. The van der Waals surface area contributed by atoms with Crippen molar-refractivity contribution < 1.29 is 4.79 Å². The summed E-state index contributed by atoms with van der Waals surface area (Å²) in [7, 11) is 0. The van der Waals surface area contributed by atoms with Crippen molar-refractivity contribution in [1.82, 2.24) is 9.88 Å². The summed E-state index contributed by atoms with van der Waals surface area (Å²) in [4.78, 5) is 19.0. The minimum atomic E-state index is 0.0802. The summed E-state index contributed by atoms with van der Waals surface area (Å²) in [5.41, 5.74) is 4.28. The fourth-order valence-corrected chi connectivity index (χ4v) is 4.89. The second-order valence-electron chi connectivity index (χ2n) is 6.92. The summed E-state index contributed by atoms with van der Waals surface area (Å²) in [6.45, 7) is 3.41. The van der Waals surface area contributed by atoms with Crippen LogP contribution in [0.3, 0.4) is 0 Å². The Labute approximate surface area is 174 Å². The molecule has 2 aromatic carbocycles. The number of benzene rings is 2. The van der Waals surface area contributed by atoms with E-state index in [0.717, 1.165) is 22.3 Å². The van der Waals surface area contributed by atoms with Crippen molar-refractivity contribution in [1.29, 1.82) is 0 Å². The Hall–Kier alpha value is -2.24. The van der Waals surface area contributed by atoms with E-state index in [0.29, 0.717) is 24.5 Å². The predicted octanol–water partition coefficient (Wildman–Crippen LogP) is 5.27. The van der Waals surface area contributed by atoms with Gasteiger partial charge in [0, 0.05) is 47.6 Å². The summed E-state index contributed by atoms with van der Waals surface area (Å²) in [6, 6.07) is 16.2. The van der Waals surface area contributed by atoms with Crippen LogP contribution in [0.2, 0.25) is 5.02 Å². The third-order valence-electron chi connectivity index (χ3n) is 4.93. The molecule has 1 N–H and O–H groups in total. The molecular formula is C22H22ClN3OS. The van der Waals surface area contributed by atoms with Crippen LogP contribution in [-0.2, 0) is 4.79 Å². The second-order valence-corrected chi connectivity index (χ2v) is 8.54. The maximum atomic E-state index is 12.6. The van der Waals surface area contributed by atoms with E-state index >= 15 is 0 Å². The summed E-state index contributed by atoms with van der Waals surface area (Å²) in [5, 5.41) is 5.25. The molecule has 4 nitrogen and oxygen atoms in total. The number of nitrogens with one attached hydrogen (secondary N) is 1. The number of aromatic nitrogens is 1. The van der Waals surface area contributed by atoms with Crippen LogP contribution in [0.25, 0.3) is 10.9 Å². The van der Waals surface area contributed by atoms with Gasteiger partial charge in [-0.3, -0.25) is 9.78 Å². The maximum Gasteiger partial charge on any atom is 0.224 e. The molecule has 1 atom stereocenters. The second kappa shape index (κ2) is 8.41. The quantitative estimate of drug-likeness (QED) is 0.621. The van der Waals surface area contributed by atoms with Gasteiger partial charge in [-0.25, -0.2) is 0 Å². The first kappa shape index (κ1) is 19.1.